The van der Waals surface area contributed by atoms with Gasteiger partial charge in [0.15, 0.2) is 0 Å². The average Bonchev–Trinajstić information content (AvgIpc) is 2.96. The lowest BCUT2D eigenvalue weighted by Gasteiger charge is -2.42. The molecule has 0 spiro atoms. The summed E-state index contributed by atoms with van der Waals surface area (Å²) in [5.74, 6) is 0. The molecule has 3 rings (SSSR count). The Morgan fingerprint density at radius 2 is 2.15 bits per heavy atom. The lowest BCUT2D eigenvalue weighted by Crippen LogP contribution is -2.54. The molecule has 1 saturated carbocycles. The summed E-state index contributed by atoms with van der Waals surface area (Å²) in [7, 11) is -3.41. The molecule has 7 heteroatoms. The fourth-order valence-corrected chi connectivity index (χ4v) is 6.11. The van der Waals surface area contributed by atoms with Crippen molar-refractivity contribution >= 4 is 21.4 Å². The molecule has 2 N–H and O–H groups in total. The van der Waals surface area contributed by atoms with E-state index in [1.165, 1.54) is 11.3 Å². The van der Waals surface area contributed by atoms with E-state index in [2.05, 4.69) is 0 Å². The second-order valence-electron chi connectivity index (χ2n) is 5.30. The van der Waals surface area contributed by atoms with Gasteiger partial charge in [-0.1, -0.05) is 12.8 Å². The molecule has 1 aliphatic carbocycles. The van der Waals surface area contributed by atoms with Crippen LogP contribution in [0.25, 0.3) is 0 Å². The third-order valence-electron chi connectivity index (χ3n) is 4.08. The minimum Gasteiger partial charge on any atom is -0.375 e. The molecule has 1 aliphatic heterocycles. The number of nitrogens with two attached hydrogens (primary N) is 1. The smallest absolute Gasteiger partial charge is 0.252 e. The highest BCUT2D eigenvalue weighted by Crippen LogP contribution is 2.34. The van der Waals surface area contributed by atoms with E-state index in [1.54, 1.807) is 16.4 Å². The van der Waals surface area contributed by atoms with Gasteiger partial charge >= 0.3 is 0 Å². The summed E-state index contributed by atoms with van der Waals surface area (Å²) in [6, 6.07) is 3.48. The first kappa shape index (κ1) is 14.5. The van der Waals surface area contributed by atoms with Gasteiger partial charge in [-0.3, -0.25) is 0 Å². The van der Waals surface area contributed by atoms with E-state index in [0.29, 0.717) is 23.9 Å². The molecule has 2 fully saturated rings. The molecule has 1 saturated heterocycles. The third-order valence-corrected chi connectivity index (χ3v) is 7.58. The van der Waals surface area contributed by atoms with Crippen LogP contribution < -0.4 is 5.73 Å². The first-order valence-corrected chi connectivity index (χ1v) is 9.31. The summed E-state index contributed by atoms with van der Waals surface area (Å²) in [5, 5.41) is 0. The van der Waals surface area contributed by atoms with Gasteiger partial charge in [-0.15, -0.1) is 11.3 Å². The van der Waals surface area contributed by atoms with Gasteiger partial charge in [-0.2, -0.15) is 4.31 Å². The number of thiophene rings is 1. The summed E-state index contributed by atoms with van der Waals surface area (Å²) >= 11 is 1.28. The second-order valence-corrected chi connectivity index (χ2v) is 8.59. The highest BCUT2D eigenvalue weighted by Gasteiger charge is 2.41. The number of hydrogen-bond acceptors (Lipinski definition) is 5. The van der Waals surface area contributed by atoms with Crippen LogP contribution in [-0.2, 0) is 21.3 Å². The maximum atomic E-state index is 12.8. The van der Waals surface area contributed by atoms with Crippen LogP contribution in [0.4, 0.5) is 0 Å². The van der Waals surface area contributed by atoms with Crippen LogP contribution in [0.2, 0.25) is 0 Å². The van der Waals surface area contributed by atoms with Gasteiger partial charge in [0, 0.05) is 18.0 Å². The molecule has 5 nitrogen and oxygen atoms in total. The van der Waals surface area contributed by atoms with E-state index in [4.69, 9.17) is 10.5 Å². The molecule has 112 valence electrons. The summed E-state index contributed by atoms with van der Waals surface area (Å²) in [6.07, 6.45) is 4.15. The number of fused-ring (bicyclic) bond motifs is 1. The molecule has 2 aliphatic rings. The van der Waals surface area contributed by atoms with Crippen molar-refractivity contribution in [1.29, 1.82) is 0 Å². The summed E-state index contributed by atoms with van der Waals surface area (Å²) in [5.41, 5.74) is 5.57. The molecule has 2 unspecified atom stereocenters. The minimum absolute atomic E-state index is 0.00549. The molecular weight excluding hydrogens is 296 g/mol. The van der Waals surface area contributed by atoms with Crippen LogP contribution >= 0.6 is 11.3 Å². The van der Waals surface area contributed by atoms with E-state index >= 15 is 0 Å². The Morgan fingerprint density at radius 3 is 2.90 bits per heavy atom. The number of ether oxygens (including phenoxy) is 1. The third kappa shape index (κ3) is 2.53. The Kier molecular flexibility index (Phi) is 4.14. The van der Waals surface area contributed by atoms with Crippen LogP contribution in [0.15, 0.2) is 16.3 Å². The van der Waals surface area contributed by atoms with Gasteiger partial charge in [0.1, 0.15) is 4.21 Å². The zero-order valence-corrected chi connectivity index (χ0v) is 13.0. The van der Waals surface area contributed by atoms with Gasteiger partial charge in [-0.25, -0.2) is 8.42 Å². The van der Waals surface area contributed by atoms with E-state index in [0.717, 1.165) is 30.6 Å². The van der Waals surface area contributed by atoms with Crippen molar-refractivity contribution < 1.29 is 13.2 Å². The van der Waals surface area contributed by atoms with Crippen molar-refractivity contribution in [1.82, 2.24) is 4.31 Å². The molecule has 2 heterocycles. The topological polar surface area (TPSA) is 72.6 Å². The normalized spacial score (nSPS) is 28.2. The summed E-state index contributed by atoms with van der Waals surface area (Å²) in [4.78, 5) is 0.900. The van der Waals surface area contributed by atoms with E-state index < -0.39 is 10.0 Å². The van der Waals surface area contributed by atoms with Gasteiger partial charge < -0.3 is 10.5 Å². The number of sulfonamides is 1. The SMILES string of the molecule is NCc1ccc(S(=O)(=O)N2CCOC3CCCCC32)s1. The van der Waals surface area contributed by atoms with Crippen LogP contribution in [0.1, 0.15) is 30.6 Å². The highest BCUT2D eigenvalue weighted by atomic mass is 32.2. The maximum absolute atomic E-state index is 12.8. The van der Waals surface area contributed by atoms with Crippen molar-refractivity contribution in [2.45, 2.75) is 48.6 Å². The Labute approximate surface area is 123 Å². The van der Waals surface area contributed by atoms with Crippen LogP contribution in [0, 0.1) is 0 Å². The van der Waals surface area contributed by atoms with Crippen molar-refractivity contribution in [3.05, 3.63) is 17.0 Å². The van der Waals surface area contributed by atoms with E-state index in [1.807, 2.05) is 0 Å². The summed E-state index contributed by atoms with van der Waals surface area (Å²) in [6.45, 7) is 1.34. The fraction of sp³-hybridized carbons (Fsp3) is 0.692. The van der Waals surface area contributed by atoms with Crippen molar-refractivity contribution in [3.63, 3.8) is 0 Å². The predicted octanol–water partition coefficient (Wildman–Crippen LogP) is 1.54. The average molecular weight is 316 g/mol. The largest absolute Gasteiger partial charge is 0.375 e. The first-order valence-electron chi connectivity index (χ1n) is 7.05. The molecule has 1 aromatic heterocycles. The number of nitrogens with zero attached hydrogens (tertiary/aromatic N) is 1. The molecule has 0 bridgehead atoms. The van der Waals surface area contributed by atoms with Gasteiger partial charge in [-0.05, 0) is 25.0 Å². The number of hydrogen-bond donors (Lipinski definition) is 1. The zero-order chi connectivity index (χ0) is 14.2. The number of morpholine rings is 1. The molecule has 20 heavy (non-hydrogen) atoms. The second kappa shape index (κ2) is 5.73. The number of rotatable bonds is 3. The van der Waals surface area contributed by atoms with Crippen LogP contribution in [0.5, 0.6) is 0 Å². The lowest BCUT2D eigenvalue weighted by molar-refractivity contribution is -0.0585. The van der Waals surface area contributed by atoms with Crippen LogP contribution in [-0.4, -0.2) is 38.0 Å². The Morgan fingerprint density at radius 1 is 1.35 bits per heavy atom. The monoisotopic (exact) mass is 316 g/mol. The highest BCUT2D eigenvalue weighted by molar-refractivity contribution is 7.91. The minimum atomic E-state index is -3.41. The quantitative estimate of drug-likeness (QED) is 0.918. The fourth-order valence-electron chi connectivity index (χ4n) is 3.08. The Hall–Kier alpha value is -0.470. The van der Waals surface area contributed by atoms with Gasteiger partial charge in [0.05, 0.1) is 18.8 Å². The molecule has 2 atom stereocenters. The van der Waals surface area contributed by atoms with Crippen molar-refractivity contribution in [3.8, 4) is 0 Å². The Balaban J connectivity index is 1.89. The molecule has 1 aromatic rings. The first-order chi connectivity index (χ1) is 9.63. The van der Waals surface area contributed by atoms with Crippen molar-refractivity contribution in [2.75, 3.05) is 13.2 Å². The maximum Gasteiger partial charge on any atom is 0.252 e. The van der Waals surface area contributed by atoms with Crippen LogP contribution in [0.3, 0.4) is 0 Å². The summed E-state index contributed by atoms with van der Waals surface area (Å²) < 4.78 is 33.4. The standard InChI is InChI=1S/C13H20N2O3S2/c14-9-10-5-6-13(19-10)20(16,17)15-7-8-18-12-4-2-1-3-11(12)15/h5-6,11-12H,1-4,7-9,14H2. The molecule has 0 amide bonds. The van der Waals surface area contributed by atoms with Gasteiger partial charge in [0.2, 0.25) is 0 Å². The zero-order valence-electron chi connectivity index (χ0n) is 11.3. The Bertz CT molecular complexity index is 568. The molecule has 0 radical (unpaired) electrons. The molecule has 0 aromatic carbocycles. The van der Waals surface area contributed by atoms with Crippen molar-refractivity contribution in [2.24, 2.45) is 5.73 Å². The van der Waals surface area contributed by atoms with E-state index in [-0.39, 0.29) is 12.1 Å². The predicted molar refractivity (Wildman–Crippen MR) is 78.1 cm³/mol. The molecular formula is C13H20N2O3S2. The van der Waals surface area contributed by atoms with Gasteiger partial charge in [0.25, 0.3) is 10.0 Å². The lowest BCUT2D eigenvalue weighted by atomic mass is 9.91. The van der Waals surface area contributed by atoms with E-state index in [9.17, 15) is 8.42 Å².